The number of rotatable bonds is 1. The molecule has 1 fully saturated rings. The molecule has 3 rings (SSSR count). The van der Waals surface area contributed by atoms with Crippen LogP contribution in [0, 0.1) is 28.6 Å². The first-order valence-electron chi connectivity index (χ1n) is 8.38. The van der Waals surface area contributed by atoms with Crippen molar-refractivity contribution in [2.45, 2.75) is 59.5 Å². The summed E-state index contributed by atoms with van der Waals surface area (Å²) in [7, 11) is 0. The van der Waals surface area contributed by atoms with Crippen molar-refractivity contribution in [3.05, 3.63) is 23.8 Å². The highest BCUT2D eigenvalue weighted by molar-refractivity contribution is 5.91. The van der Waals surface area contributed by atoms with Crippen LogP contribution in [0.5, 0.6) is 0 Å². The third kappa shape index (κ3) is 2.14. The van der Waals surface area contributed by atoms with Gasteiger partial charge in [-0.3, -0.25) is 4.79 Å². The Kier molecular flexibility index (Phi) is 3.44. The van der Waals surface area contributed by atoms with E-state index in [1.807, 2.05) is 0 Å². The number of carbonyl (C=O) groups is 1. The maximum atomic E-state index is 11.8. The van der Waals surface area contributed by atoms with E-state index in [1.54, 1.807) is 6.08 Å². The van der Waals surface area contributed by atoms with Crippen LogP contribution in [-0.2, 0) is 4.79 Å². The monoisotopic (exact) mass is 288 g/mol. The Hall–Kier alpha value is -0.890. The van der Waals surface area contributed by atoms with E-state index in [-0.39, 0.29) is 22.5 Å². The van der Waals surface area contributed by atoms with E-state index in [0.29, 0.717) is 18.3 Å². The third-order valence-electron chi connectivity index (χ3n) is 6.68. The predicted molar refractivity (Wildman–Crippen MR) is 84.7 cm³/mol. The van der Waals surface area contributed by atoms with Crippen molar-refractivity contribution in [3.63, 3.8) is 0 Å². The Labute approximate surface area is 128 Å². The fourth-order valence-electron chi connectivity index (χ4n) is 5.17. The normalized spacial score (nSPS) is 46.1. The smallest absolute Gasteiger partial charge is 0.155 e. The van der Waals surface area contributed by atoms with E-state index in [1.165, 1.54) is 5.57 Å². The minimum absolute atomic E-state index is 0.0386. The molecule has 0 aromatic carbocycles. The largest absolute Gasteiger partial charge is 0.388 e. The van der Waals surface area contributed by atoms with Crippen LogP contribution in [0.1, 0.15) is 53.4 Å². The Morgan fingerprint density at radius 3 is 2.67 bits per heavy atom. The third-order valence-corrected chi connectivity index (χ3v) is 6.68. The molecule has 0 heterocycles. The Bertz CT molecular complexity index is 516. The van der Waals surface area contributed by atoms with Crippen LogP contribution in [0.3, 0.4) is 0 Å². The van der Waals surface area contributed by atoms with Gasteiger partial charge in [-0.15, -0.1) is 0 Å². The molecule has 0 spiro atoms. The van der Waals surface area contributed by atoms with Gasteiger partial charge in [-0.1, -0.05) is 39.8 Å². The standard InChI is InChI=1S/C19H28O2/c1-12(2)14-5-6-15-17(21)16-11-13(20)7-8-18(16,3)9-10-19(14,15)4/h6-8,12,14,16-17,21H,5,9-11H2,1-4H3/t14-,16?,17?,18-,19-/m1/s1. The molecule has 2 unspecified atom stereocenters. The van der Waals surface area contributed by atoms with Gasteiger partial charge in [0.15, 0.2) is 5.78 Å². The molecule has 21 heavy (non-hydrogen) atoms. The molecule has 0 saturated heterocycles. The molecular formula is C19H28O2. The quantitative estimate of drug-likeness (QED) is 0.743. The lowest BCUT2D eigenvalue weighted by atomic mass is 9.67. The molecule has 1 saturated carbocycles. The van der Waals surface area contributed by atoms with Crippen molar-refractivity contribution >= 4 is 5.78 Å². The number of fused-ring (bicyclic) bond motifs is 2. The summed E-state index contributed by atoms with van der Waals surface area (Å²) in [4.78, 5) is 11.8. The highest BCUT2D eigenvalue weighted by atomic mass is 16.3. The van der Waals surface area contributed by atoms with Gasteiger partial charge in [0.25, 0.3) is 0 Å². The maximum Gasteiger partial charge on any atom is 0.155 e. The fourth-order valence-corrected chi connectivity index (χ4v) is 5.17. The molecule has 0 aliphatic heterocycles. The number of carbonyl (C=O) groups excluding carboxylic acids is 1. The molecule has 5 atom stereocenters. The van der Waals surface area contributed by atoms with Crippen LogP contribution < -0.4 is 0 Å². The van der Waals surface area contributed by atoms with Gasteiger partial charge in [-0.2, -0.15) is 0 Å². The molecule has 0 aromatic heterocycles. The van der Waals surface area contributed by atoms with Crippen LogP contribution in [0.15, 0.2) is 23.8 Å². The lowest BCUT2D eigenvalue weighted by Crippen LogP contribution is -2.39. The Balaban J connectivity index is 2.01. The Morgan fingerprint density at radius 2 is 2.00 bits per heavy atom. The first kappa shape index (κ1) is 15.0. The highest BCUT2D eigenvalue weighted by Crippen LogP contribution is 2.59. The summed E-state index contributed by atoms with van der Waals surface area (Å²) in [5.74, 6) is 1.46. The summed E-state index contributed by atoms with van der Waals surface area (Å²) in [6.45, 7) is 9.15. The van der Waals surface area contributed by atoms with Crippen LogP contribution in [-0.4, -0.2) is 17.0 Å². The zero-order valence-corrected chi connectivity index (χ0v) is 13.7. The molecule has 116 valence electrons. The summed E-state index contributed by atoms with van der Waals surface area (Å²) >= 11 is 0. The second kappa shape index (κ2) is 4.81. The van der Waals surface area contributed by atoms with E-state index >= 15 is 0 Å². The van der Waals surface area contributed by atoms with Crippen LogP contribution in [0.4, 0.5) is 0 Å². The lowest BCUT2D eigenvalue weighted by Gasteiger charge is -2.39. The highest BCUT2D eigenvalue weighted by Gasteiger charge is 2.53. The number of aliphatic hydroxyl groups is 1. The maximum absolute atomic E-state index is 11.8. The van der Waals surface area contributed by atoms with Crippen LogP contribution >= 0.6 is 0 Å². The molecule has 3 aliphatic carbocycles. The van der Waals surface area contributed by atoms with E-state index < -0.39 is 6.10 Å². The predicted octanol–water partition coefficient (Wildman–Crippen LogP) is 3.90. The molecule has 3 aliphatic rings. The molecular weight excluding hydrogens is 260 g/mol. The van der Waals surface area contributed by atoms with E-state index in [0.717, 1.165) is 19.3 Å². The van der Waals surface area contributed by atoms with Crippen molar-refractivity contribution in [1.82, 2.24) is 0 Å². The average Bonchev–Trinajstić information content (AvgIpc) is 2.73. The molecule has 2 heteroatoms. The summed E-state index contributed by atoms with van der Waals surface area (Å²) in [5.41, 5.74) is 1.28. The van der Waals surface area contributed by atoms with Crippen molar-refractivity contribution in [2.75, 3.05) is 0 Å². The topological polar surface area (TPSA) is 37.3 Å². The number of allylic oxidation sites excluding steroid dienone is 3. The van der Waals surface area contributed by atoms with Gasteiger partial charge in [0.2, 0.25) is 0 Å². The summed E-state index contributed by atoms with van der Waals surface area (Å²) < 4.78 is 0. The van der Waals surface area contributed by atoms with Crippen LogP contribution in [0.25, 0.3) is 0 Å². The van der Waals surface area contributed by atoms with Gasteiger partial charge < -0.3 is 5.11 Å². The van der Waals surface area contributed by atoms with Crippen molar-refractivity contribution in [2.24, 2.45) is 28.6 Å². The van der Waals surface area contributed by atoms with Crippen molar-refractivity contribution in [3.8, 4) is 0 Å². The van der Waals surface area contributed by atoms with Crippen molar-refractivity contribution in [1.29, 1.82) is 0 Å². The second-order valence-electron chi connectivity index (χ2n) is 8.22. The summed E-state index contributed by atoms with van der Waals surface area (Å²) in [6, 6.07) is 0. The minimum Gasteiger partial charge on any atom is -0.388 e. The van der Waals surface area contributed by atoms with Crippen molar-refractivity contribution < 1.29 is 9.90 Å². The first-order valence-corrected chi connectivity index (χ1v) is 8.38. The van der Waals surface area contributed by atoms with Gasteiger partial charge >= 0.3 is 0 Å². The molecule has 0 amide bonds. The van der Waals surface area contributed by atoms with Gasteiger partial charge in [-0.25, -0.2) is 0 Å². The van der Waals surface area contributed by atoms with Gasteiger partial charge in [0.1, 0.15) is 0 Å². The zero-order valence-electron chi connectivity index (χ0n) is 13.7. The molecule has 0 bridgehead atoms. The van der Waals surface area contributed by atoms with Gasteiger partial charge in [0.05, 0.1) is 6.10 Å². The summed E-state index contributed by atoms with van der Waals surface area (Å²) in [6.07, 6.45) is 9.38. The Morgan fingerprint density at radius 1 is 1.29 bits per heavy atom. The van der Waals surface area contributed by atoms with Gasteiger partial charge in [0, 0.05) is 12.3 Å². The number of hydrogen-bond acceptors (Lipinski definition) is 2. The van der Waals surface area contributed by atoms with E-state index in [9.17, 15) is 9.90 Å². The number of ketones is 1. The average molecular weight is 288 g/mol. The molecule has 1 N–H and O–H groups in total. The first-order chi connectivity index (χ1) is 9.78. The van der Waals surface area contributed by atoms with E-state index in [2.05, 4.69) is 39.8 Å². The minimum atomic E-state index is -0.458. The molecule has 2 nitrogen and oxygen atoms in total. The number of hydrogen-bond donors (Lipinski definition) is 1. The fraction of sp³-hybridized carbons (Fsp3) is 0.737. The SMILES string of the molecule is CC(C)[C@H]1CC=C2C(O)C3CC(=O)C=C[C@]3(C)CC[C@@]21C. The van der Waals surface area contributed by atoms with Crippen LogP contribution in [0.2, 0.25) is 0 Å². The summed E-state index contributed by atoms with van der Waals surface area (Å²) in [5, 5.41) is 11.0. The lowest BCUT2D eigenvalue weighted by molar-refractivity contribution is -0.118. The number of aliphatic hydroxyl groups excluding tert-OH is 1. The second-order valence-corrected chi connectivity index (χ2v) is 8.22. The van der Waals surface area contributed by atoms with E-state index in [4.69, 9.17) is 0 Å². The zero-order chi connectivity index (χ0) is 15.4. The van der Waals surface area contributed by atoms with Gasteiger partial charge in [-0.05, 0) is 53.6 Å². The molecule has 0 radical (unpaired) electrons. The molecule has 0 aromatic rings.